The Morgan fingerprint density at radius 2 is 2.09 bits per heavy atom. The lowest BCUT2D eigenvalue weighted by Crippen LogP contribution is -2.03. The van der Waals surface area contributed by atoms with E-state index < -0.39 is 5.97 Å². The molecule has 0 spiro atoms. The average Bonchev–Trinajstić information content (AvgIpc) is 3.23. The number of hydrogen-bond donors (Lipinski definition) is 4. The Hall–Kier alpha value is -2.77. The Kier molecular flexibility index (Phi) is 6.68. The molecule has 1 saturated carbocycles. The van der Waals surface area contributed by atoms with E-state index >= 15 is 0 Å². The summed E-state index contributed by atoms with van der Waals surface area (Å²) < 4.78 is 13.0. The van der Waals surface area contributed by atoms with E-state index in [1.54, 1.807) is 6.07 Å². The van der Waals surface area contributed by atoms with E-state index in [1.165, 1.54) is 31.3 Å². The van der Waals surface area contributed by atoms with Gasteiger partial charge >= 0.3 is 0 Å². The van der Waals surface area contributed by atoms with Crippen LogP contribution in [0.5, 0.6) is 0 Å². The first-order valence-electron chi connectivity index (χ1n) is 6.55. The fourth-order valence-corrected chi connectivity index (χ4v) is 1.57. The number of carboxylic acids is 1. The standard InChI is InChI=1S/C11H10FN3.C2H4O2.CH4N2/c12-7-1-4-9-10(5-7)13-6-14-11(9)15-8-2-3-8;1-2(3)4;2-1-3/h1,4-6,8H,2-3H2,(H,13,14,15);1H3,(H,3,4);1H,(H3,2,3). The molecule has 0 aliphatic heterocycles. The van der Waals surface area contributed by atoms with Gasteiger partial charge in [0.15, 0.2) is 0 Å². The third-order valence-electron chi connectivity index (χ3n) is 2.52. The molecule has 1 fully saturated rings. The van der Waals surface area contributed by atoms with Crippen LogP contribution >= 0.6 is 0 Å². The summed E-state index contributed by atoms with van der Waals surface area (Å²) in [6, 6.07) is 5.11. The number of fused-ring (bicyclic) bond motifs is 1. The van der Waals surface area contributed by atoms with Crippen molar-refractivity contribution in [2.45, 2.75) is 25.8 Å². The topological polar surface area (TPSA) is 125 Å². The molecule has 0 saturated heterocycles. The minimum absolute atomic E-state index is 0.265. The van der Waals surface area contributed by atoms with Gasteiger partial charge in [-0.05, 0) is 25.0 Å². The molecule has 7 nitrogen and oxygen atoms in total. The van der Waals surface area contributed by atoms with Gasteiger partial charge in [-0.1, -0.05) is 0 Å². The van der Waals surface area contributed by atoms with Gasteiger partial charge < -0.3 is 16.2 Å². The summed E-state index contributed by atoms with van der Waals surface area (Å²) in [5.41, 5.74) is 5.04. The number of aliphatic carboxylic acids is 1. The van der Waals surface area contributed by atoms with Gasteiger partial charge in [-0.3, -0.25) is 10.2 Å². The molecule has 8 heteroatoms. The molecule has 5 N–H and O–H groups in total. The van der Waals surface area contributed by atoms with Crippen LogP contribution < -0.4 is 11.1 Å². The van der Waals surface area contributed by atoms with E-state index in [4.69, 9.17) is 15.3 Å². The minimum atomic E-state index is -0.833. The predicted molar refractivity (Wildman–Crippen MR) is 82.4 cm³/mol. The lowest BCUT2D eigenvalue weighted by atomic mass is 10.2. The molecular weight excluding hydrogens is 289 g/mol. The fraction of sp³-hybridized carbons (Fsp3) is 0.286. The highest BCUT2D eigenvalue weighted by molar-refractivity contribution is 5.88. The zero-order valence-electron chi connectivity index (χ0n) is 12.1. The van der Waals surface area contributed by atoms with Crippen LogP contribution in [0.4, 0.5) is 10.2 Å². The Morgan fingerprint density at radius 3 is 2.64 bits per heavy atom. The number of anilines is 1. The molecule has 0 bridgehead atoms. The highest BCUT2D eigenvalue weighted by atomic mass is 19.1. The Bertz CT molecular complexity index is 642. The van der Waals surface area contributed by atoms with Gasteiger partial charge in [0.05, 0.1) is 11.9 Å². The third-order valence-corrected chi connectivity index (χ3v) is 2.52. The first-order valence-corrected chi connectivity index (χ1v) is 6.55. The van der Waals surface area contributed by atoms with Gasteiger partial charge in [-0.2, -0.15) is 0 Å². The van der Waals surface area contributed by atoms with Gasteiger partial charge in [0.2, 0.25) is 0 Å². The van der Waals surface area contributed by atoms with E-state index in [-0.39, 0.29) is 5.82 Å². The normalized spacial score (nSPS) is 12.3. The van der Waals surface area contributed by atoms with E-state index in [2.05, 4.69) is 21.0 Å². The second kappa shape index (κ2) is 8.50. The molecule has 1 aromatic carbocycles. The van der Waals surface area contributed by atoms with Crippen LogP contribution in [0.15, 0.2) is 24.5 Å². The molecule has 1 aliphatic rings. The third kappa shape index (κ3) is 6.12. The van der Waals surface area contributed by atoms with Gasteiger partial charge in [-0.15, -0.1) is 0 Å². The molecule has 22 heavy (non-hydrogen) atoms. The quantitative estimate of drug-likeness (QED) is 0.496. The lowest BCUT2D eigenvalue weighted by molar-refractivity contribution is -0.134. The number of nitrogens with zero attached hydrogens (tertiary/aromatic N) is 2. The summed E-state index contributed by atoms with van der Waals surface area (Å²) >= 11 is 0. The average molecular weight is 307 g/mol. The molecule has 0 amide bonds. The van der Waals surface area contributed by atoms with E-state index in [0.29, 0.717) is 11.6 Å². The molecule has 1 aromatic heterocycles. The number of aromatic nitrogens is 2. The van der Waals surface area contributed by atoms with Crippen molar-refractivity contribution in [3.63, 3.8) is 0 Å². The first kappa shape index (κ1) is 17.3. The van der Waals surface area contributed by atoms with Crippen LogP contribution in [-0.2, 0) is 4.79 Å². The SMILES string of the molecule is CC(=O)O.Fc1ccc2c(NC3CC3)ncnc2c1.N=CN. The van der Waals surface area contributed by atoms with Gasteiger partial charge in [-0.25, -0.2) is 14.4 Å². The Morgan fingerprint density at radius 1 is 1.50 bits per heavy atom. The molecule has 2 aromatic rings. The van der Waals surface area contributed by atoms with Crippen molar-refractivity contribution >= 4 is 29.0 Å². The van der Waals surface area contributed by atoms with Crippen LogP contribution in [0.1, 0.15) is 19.8 Å². The second-order valence-corrected chi connectivity index (χ2v) is 4.49. The number of carbonyl (C=O) groups is 1. The first-order chi connectivity index (χ1) is 10.5. The molecule has 0 atom stereocenters. The molecule has 1 heterocycles. The highest BCUT2D eigenvalue weighted by Gasteiger charge is 2.22. The summed E-state index contributed by atoms with van der Waals surface area (Å²) in [5.74, 6) is -0.291. The van der Waals surface area contributed by atoms with Crippen molar-refractivity contribution in [1.29, 1.82) is 5.41 Å². The van der Waals surface area contributed by atoms with Crippen molar-refractivity contribution in [3.05, 3.63) is 30.3 Å². The maximum atomic E-state index is 13.0. The zero-order valence-corrected chi connectivity index (χ0v) is 12.1. The number of rotatable bonds is 2. The number of benzene rings is 1. The number of carboxylic acid groups (broad SMARTS) is 1. The minimum Gasteiger partial charge on any atom is -0.481 e. The number of hydrogen-bond acceptors (Lipinski definition) is 5. The highest BCUT2D eigenvalue weighted by Crippen LogP contribution is 2.27. The van der Waals surface area contributed by atoms with Crippen LogP contribution in [-0.4, -0.2) is 33.4 Å². The Balaban J connectivity index is 0.000000297. The number of halogens is 1. The predicted octanol–water partition coefficient (Wildman–Crippen LogP) is 1.99. The second-order valence-electron chi connectivity index (χ2n) is 4.49. The summed E-state index contributed by atoms with van der Waals surface area (Å²) in [5, 5.41) is 17.5. The number of nitrogens with one attached hydrogen (secondary N) is 2. The van der Waals surface area contributed by atoms with Crippen molar-refractivity contribution in [2.75, 3.05) is 5.32 Å². The maximum Gasteiger partial charge on any atom is 0.300 e. The van der Waals surface area contributed by atoms with Crippen molar-refractivity contribution in [1.82, 2.24) is 9.97 Å². The Labute approximate surface area is 126 Å². The lowest BCUT2D eigenvalue weighted by Gasteiger charge is -2.06. The summed E-state index contributed by atoms with van der Waals surface area (Å²) in [7, 11) is 0. The monoisotopic (exact) mass is 307 g/mol. The van der Waals surface area contributed by atoms with Gasteiger partial charge in [0.25, 0.3) is 5.97 Å². The summed E-state index contributed by atoms with van der Waals surface area (Å²) in [4.78, 5) is 17.2. The molecule has 0 unspecified atom stereocenters. The smallest absolute Gasteiger partial charge is 0.300 e. The van der Waals surface area contributed by atoms with Crippen LogP contribution in [0, 0.1) is 11.2 Å². The largest absolute Gasteiger partial charge is 0.481 e. The van der Waals surface area contributed by atoms with Crippen molar-refractivity contribution in [2.24, 2.45) is 5.73 Å². The molecule has 3 rings (SSSR count). The number of nitrogens with two attached hydrogens (primary N) is 1. The zero-order chi connectivity index (χ0) is 16.5. The molecule has 1 aliphatic carbocycles. The van der Waals surface area contributed by atoms with Gasteiger partial charge in [0.1, 0.15) is 18.0 Å². The van der Waals surface area contributed by atoms with Crippen molar-refractivity contribution in [3.8, 4) is 0 Å². The van der Waals surface area contributed by atoms with Crippen LogP contribution in [0.2, 0.25) is 0 Å². The molecule has 0 radical (unpaired) electrons. The van der Waals surface area contributed by atoms with Gasteiger partial charge in [0, 0.05) is 24.4 Å². The summed E-state index contributed by atoms with van der Waals surface area (Å²) in [6.07, 6.45) is 4.59. The molecular formula is C14H18FN5O2. The van der Waals surface area contributed by atoms with Crippen LogP contribution in [0.3, 0.4) is 0 Å². The fourth-order valence-electron chi connectivity index (χ4n) is 1.57. The van der Waals surface area contributed by atoms with E-state index in [9.17, 15) is 4.39 Å². The van der Waals surface area contributed by atoms with E-state index in [1.807, 2.05) is 0 Å². The maximum absolute atomic E-state index is 13.0. The molecule has 118 valence electrons. The van der Waals surface area contributed by atoms with E-state index in [0.717, 1.165) is 24.5 Å². The van der Waals surface area contributed by atoms with Crippen LogP contribution in [0.25, 0.3) is 10.9 Å². The summed E-state index contributed by atoms with van der Waals surface area (Å²) in [6.45, 7) is 1.08. The van der Waals surface area contributed by atoms with Crippen molar-refractivity contribution < 1.29 is 14.3 Å².